The summed E-state index contributed by atoms with van der Waals surface area (Å²) in [6.45, 7) is 2.10. The van der Waals surface area contributed by atoms with Crippen molar-refractivity contribution >= 4 is 5.69 Å². The molecule has 2 aromatic rings. The molecule has 0 spiro atoms. The van der Waals surface area contributed by atoms with Crippen LogP contribution in [0.2, 0.25) is 0 Å². The van der Waals surface area contributed by atoms with Gasteiger partial charge in [0.05, 0.1) is 4.92 Å². The first kappa shape index (κ1) is 14.9. The van der Waals surface area contributed by atoms with Gasteiger partial charge < -0.3 is 10.4 Å². The van der Waals surface area contributed by atoms with Crippen molar-refractivity contribution in [2.45, 2.75) is 19.5 Å². The molecule has 21 heavy (non-hydrogen) atoms. The number of hydrogen-bond acceptors (Lipinski definition) is 4. The molecule has 0 amide bonds. The van der Waals surface area contributed by atoms with E-state index in [1.165, 1.54) is 30.3 Å². The summed E-state index contributed by atoms with van der Waals surface area (Å²) in [4.78, 5) is 10.3. The Kier molecular flexibility index (Phi) is 4.49. The van der Waals surface area contributed by atoms with Crippen LogP contribution in [0.15, 0.2) is 42.5 Å². The largest absolute Gasteiger partial charge is 0.508 e. The highest BCUT2D eigenvalue weighted by Gasteiger charge is 2.11. The van der Waals surface area contributed by atoms with Crippen LogP contribution < -0.4 is 5.32 Å². The molecule has 0 aliphatic carbocycles. The average Bonchev–Trinajstić information content (AvgIpc) is 2.48. The van der Waals surface area contributed by atoms with Gasteiger partial charge in [0.25, 0.3) is 5.69 Å². The number of benzene rings is 2. The maximum atomic E-state index is 13.1. The summed E-state index contributed by atoms with van der Waals surface area (Å²) in [5, 5.41) is 23.5. The summed E-state index contributed by atoms with van der Waals surface area (Å²) in [6, 6.07) is 9.86. The monoisotopic (exact) mass is 290 g/mol. The van der Waals surface area contributed by atoms with Gasteiger partial charge in [0.15, 0.2) is 0 Å². The molecule has 0 aliphatic rings. The number of hydrogen-bond donors (Lipinski definition) is 2. The number of phenols is 1. The van der Waals surface area contributed by atoms with Gasteiger partial charge in [-0.2, -0.15) is 0 Å². The van der Waals surface area contributed by atoms with Crippen molar-refractivity contribution in [1.82, 2.24) is 5.32 Å². The highest BCUT2D eigenvalue weighted by Crippen LogP contribution is 2.21. The Hall–Kier alpha value is -2.47. The molecule has 2 rings (SSSR count). The van der Waals surface area contributed by atoms with E-state index in [0.29, 0.717) is 5.56 Å². The zero-order valence-corrected chi connectivity index (χ0v) is 11.4. The van der Waals surface area contributed by atoms with E-state index < -0.39 is 10.7 Å². The molecule has 5 nitrogen and oxygen atoms in total. The minimum Gasteiger partial charge on any atom is -0.508 e. The SMILES string of the molecule is CC(NCc1cc(F)ccc1O)c1cccc([N+](=O)[O-])c1. The number of non-ortho nitro benzene ring substituents is 1. The minimum atomic E-state index is -0.450. The van der Waals surface area contributed by atoms with Crippen LogP contribution in [0.4, 0.5) is 10.1 Å². The van der Waals surface area contributed by atoms with E-state index in [0.717, 1.165) is 5.56 Å². The van der Waals surface area contributed by atoms with Gasteiger partial charge in [-0.15, -0.1) is 0 Å². The summed E-state index contributed by atoms with van der Waals surface area (Å²) in [5.74, 6) is -0.414. The second-order valence-corrected chi connectivity index (χ2v) is 4.73. The highest BCUT2D eigenvalue weighted by molar-refractivity contribution is 5.36. The molecule has 1 unspecified atom stereocenters. The van der Waals surface area contributed by atoms with E-state index >= 15 is 0 Å². The molecule has 0 saturated heterocycles. The molecule has 0 fully saturated rings. The first-order valence-corrected chi connectivity index (χ1v) is 6.42. The number of phenolic OH excluding ortho intramolecular Hbond substituents is 1. The second kappa shape index (κ2) is 6.32. The van der Waals surface area contributed by atoms with Crippen molar-refractivity contribution in [2.24, 2.45) is 0 Å². The Morgan fingerprint density at radius 2 is 2.10 bits per heavy atom. The molecule has 0 aromatic heterocycles. The highest BCUT2D eigenvalue weighted by atomic mass is 19.1. The maximum Gasteiger partial charge on any atom is 0.269 e. The molecule has 0 heterocycles. The Balaban J connectivity index is 2.08. The zero-order chi connectivity index (χ0) is 15.4. The molecule has 0 bridgehead atoms. The molecule has 1 atom stereocenters. The Bertz CT molecular complexity index is 661. The number of halogens is 1. The summed E-state index contributed by atoms with van der Waals surface area (Å²) < 4.78 is 13.1. The molecule has 110 valence electrons. The van der Waals surface area contributed by atoms with E-state index in [-0.39, 0.29) is 24.0 Å². The maximum absolute atomic E-state index is 13.1. The van der Waals surface area contributed by atoms with Crippen molar-refractivity contribution in [3.05, 3.63) is 69.5 Å². The van der Waals surface area contributed by atoms with Crippen LogP contribution >= 0.6 is 0 Å². The Labute approximate surface area is 121 Å². The lowest BCUT2D eigenvalue weighted by molar-refractivity contribution is -0.384. The van der Waals surface area contributed by atoms with Crippen LogP contribution in [0.1, 0.15) is 24.1 Å². The van der Waals surface area contributed by atoms with Gasteiger partial charge in [-0.05, 0) is 30.7 Å². The van der Waals surface area contributed by atoms with Crippen molar-refractivity contribution in [3.63, 3.8) is 0 Å². The van der Waals surface area contributed by atoms with Crippen molar-refractivity contribution in [2.75, 3.05) is 0 Å². The van der Waals surface area contributed by atoms with Gasteiger partial charge in [-0.25, -0.2) is 4.39 Å². The summed E-state index contributed by atoms with van der Waals surface area (Å²) in [7, 11) is 0. The number of aromatic hydroxyl groups is 1. The second-order valence-electron chi connectivity index (χ2n) is 4.73. The summed E-state index contributed by atoms with van der Waals surface area (Å²) >= 11 is 0. The Morgan fingerprint density at radius 1 is 1.33 bits per heavy atom. The van der Waals surface area contributed by atoms with Crippen molar-refractivity contribution in [3.8, 4) is 5.75 Å². The molecule has 0 saturated carbocycles. The van der Waals surface area contributed by atoms with Crippen LogP contribution in [0.25, 0.3) is 0 Å². The standard InChI is InChI=1S/C15H15FN2O3/c1-10(11-3-2-4-14(8-11)18(20)21)17-9-12-7-13(16)5-6-15(12)19/h2-8,10,17,19H,9H2,1H3. The number of nitro benzene ring substituents is 1. The molecule has 0 aliphatic heterocycles. The predicted molar refractivity (Wildman–Crippen MR) is 76.4 cm³/mol. The summed E-state index contributed by atoms with van der Waals surface area (Å²) in [6.07, 6.45) is 0. The predicted octanol–water partition coefficient (Wildman–Crippen LogP) is 3.29. The van der Waals surface area contributed by atoms with E-state index in [4.69, 9.17) is 0 Å². The van der Waals surface area contributed by atoms with Crippen molar-refractivity contribution in [1.29, 1.82) is 0 Å². The van der Waals surface area contributed by atoms with Gasteiger partial charge in [0, 0.05) is 30.3 Å². The molecule has 2 N–H and O–H groups in total. The van der Waals surface area contributed by atoms with Crippen LogP contribution in [0, 0.1) is 15.9 Å². The van der Waals surface area contributed by atoms with Crippen molar-refractivity contribution < 1.29 is 14.4 Å². The molecule has 6 heteroatoms. The summed E-state index contributed by atoms with van der Waals surface area (Å²) in [5.41, 5.74) is 1.21. The normalized spacial score (nSPS) is 12.1. The van der Waals surface area contributed by atoms with Gasteiger partial charge in [0.1, 0.15) is 11.6 Å². The van der Waals surface area contributed by atoms with E-state index in [1.807, 2.05) is 6.92 Å². The quantitative estimate of drug-likeness (QED) is 0.654. The van der Waals surface area contributed by atoms with Crippen LogP contribution in [0.5, 0.6) is 5.75 Å². The third-order valence-electron chi connectivity index (χ3n) is 3.22. The van der Waals surface area contributed by atoms with Gasteiger partial charge in [0.2, 0.25) is 0 Å². The fraction of sp³-hybridized carbons (Fsp3) is 0.200. The zero-order valence-electron chi connectivity index (χ0n) is 11.4. The molecular formula is C15H15FN2O3. The topological polar surface area (TPSA) is 75.4 Å². The lowest BCUT2D eigenvalue weighted by Gasteiger charge is -2.15. The van der Waals surface area contributed by atoms with Gasteiger partial charge in [-0.1, -0.05) is 12.1 Å². The third-order valence-corrected chi connectivity index (χ3v) is 3.22. The number of nitrogens with zero attached hydrogens (tertiary/aromatic N) is 1. The minimum absolute atomic E-state index is 0.00939. The lowest BCUT2D eigenvalue weighted by Crippen LogP contribution is -2.18. The Morgan fingerprint density at radius 3 is 2.81 bits per heavy atom. The lowest BCUT2D eigenvalue weighted by atomic mass is 10.1. The fourth-order valence-electron chi connectivity index (χ4n) is 1.98. The first-order chi connectivity index (χ1) is 9.97. The van der Waals surface area contributed by atoms with E-state index in [2.05, 4.69) is 5.32 Å². The molecule has 0 radical (unpaired) electrons. The van der Waals surface area contributed by atoms with E-state index in [9.17, 15) is 19.6 Å². The fourth-order valence-corrected chi connectivity index (χ4v) is 1.98. The van der Waals surface area contributed by atoms with E-state index in [1.54, 1.807) is 12.1 Å². The smallest absolute Gasteiger partial charge is 0.269 e. The molecule has 2 aromatic carbocycles. The number of nitro groups is 1. The van der Waals surface area contributed by atoms with Crippen LogP contribution in [-0.2, 0) is 6.54 Å². The first-order valence-electron chi connectivity index (χ1n) is 6.42. The third kappa shape index (κ3) is 3.76. The van der Waals surface area contributed by atoms with Gasteiger partial charge in [-0.3, -0.25) is 10.1 Å². The van der Waals surface area contributed by atoms with Crippen LogP contribution in [-0.4, -0.2) is 10.0 Å². The van der Waals surface area contributed by atoms with Gasteiger partial charge >= 0.3 is 0 Å². The number of rotatable bonds is 5. The number of nitrogens with one attached hydrogen (secondary N) is 1. The molecular weight excluding hydrogens is 275 g/mol. The van der Waals surface area contributed by atoms with Crippen LogP contribution in [0.3, 0.4) is 0 Å². The average molecular weight is 290 g/mol.